The van der Waals surface area contributed by atoms with E-state index >= 15 is 0 Å². The van der Waals surface area contributed by atoms with Crippen LogP contribution in [0.3, 0.4) is 0 Å². The van der Waals surface area contributed by atoms with Gasteiger partial charge in [0.1, 0.15) is 30.0 Å². The van der Waals surface area contributed by atoms with Crippen LogP contribution >= 0.6 is 0 Å². The molecule has 33 heteroatoms. The number of alkyl halides is 12. The molecule has 2 amide bonds. The van der Waals surface area contributed by atoms with Crippen molar-refractivity contribution in [1.29, 1.82) is 0 Å². The zero-order valence-corrected chi connectivity index (χ0v) is 53.8. The summed E-state index contributed by atoms with van der Waals surface area (Å²) in [5, 5.41) is 21.6. The number of nitrogens with two attached hydrogens (primary N) is 3. The van der Waals surface area contributed by atoms with Crippen molar-refractivity contribution in [2.75, 3.05) is 7.05 Å². The van der Waals surface area contributed by atoms with Crippen LogP contribution in [0.1, 0.15) is 75.5 Å². The number of halogens is 13. The molecule has 8 aromatic carbocycles. The summed E-state index contributed by atoms with van der Waals surface area (Å²) in [7, 11) is 3.47. The third kappa shape index (κ3) is 18.6. The molecule has 0 spiro atoms. The standard InChI is InChI=1S/C18H17F3N4O.C17H10F6N4O.C17H15F3N4O.C17H15FN4O/c1-12(22-2)17-23-11-25(24-17)14-7-5-6-13(10-14)15-8-3-4-9-16(15)26-18(19,20)21;18-16(19,20)10-5-2-6-11(17(21,22)23)12(10)8-3-1-4-9(7-8)14-25-15(13(24)28)27-26-14;1-11(21)16-22-10-24(23-16)13-6-4-5-12(9-13)14-7-2-3-8-15(14)25-17(18,19)20;1-10-5-3-4-6-12(10)13-9-11(7-8-14(13)18)17-20-16(15(19)23)21-22(17)2/h3-12,22H,1-2H3;1-7H,(H2,24,28)(H,25,26,27);2-11H,21H2,1H3;3-9H,1-2H3,(H2,19,23). The minimum absolute atomic E-state index is 0.0136. The normalized spacial score (nSPS) is 12.2. The van der Waals surface area contributed by atoms with Gasteiger partial charge in [-0.25, -0.2) is 38.4 Å². The predicted molar refractivity (Wildman–Crippen MR) is 348 cm³/mol. The lowest BCUT2D eigenvalue weighted by atomic mass is 9.92. The van der Waals surface area contributed by atoms with Crippen LogP contribution in [0.5, 0.6) is 11.5 Å². The van der Waals surface area contributed by atoms with Crippen LogP contribution in [0.25, 0.3) is 78.7 Å². The minimum atomic E-state index is -5.00. The highest BCUT2D eigenvalue weighted by atomic mass is 19.4. The molecule has 0 aliphatic rings. The number of hydrogen-bond donors (Lipinski definition) is 5. The second-order valence-electron chi connectivity index (χ2n) is 22.0. The van der Waals surface area contributed by atoms with Gasteiger partial charge >= 0.3 is 25.1 Å². The van der Waals surface area contributed by atoms with E-state index in [1.807, 2.05) is 45.2 Å². The molecule has 20 nitrogen and oxygen atoms in total. The molecule has 0 saturated heterocycles. The number of nitrogens with zero attached hydrogens (tertiary/aromatic N) is 11. The largest absolute Gasteiger partial charge is 0.573 e. The second kappa shape index (κ2) is 31.0. The number of nitrogens with one attached hydrogen (secondary N) is 2. The molecule has 8 N–H and O–H groups in total. The molecule has 528 valence electrons. The fourth-order valence-electron chi connectivity index (χ4n) is 9.94. The van der Waals surface area contributed by atoms with E-state index in [1.165, 1.54) is 58.2 Å². The van der Waals surface area contributed by atoms with Crippen molar-refractivity contribution in [2.45, 2.75) is 57.9 Å². The average molecular weight is 1420 g/mol. The van der Waals surface area contributed by atoms with Gasteiger partial charge < -0.3 is 32.0 Å². The molecule has 0 saturated carbocycles. The Bertz CT molecular complexity index is 4890. The molecule has 12 aromatic rings. The average Bonchev–Trinajstić information content (AvgIpc) is 0.869. The van der Waals surface area contributed by atoms with Crippen LogP contribution in [0.4, 0.5) is 57.1 Å². The number of aromatic amines is 1. The van der Waals surface area contributed by atoms with E-state index in [9.17, 15) is 66.7 Å². The molecule has 102 heavy (non-hydrogen) atoms. The number of amides is 2. The Morgan fingerprint density at radius 2 is 1.02 bits per heavy atom. The Morgan fingerprint density at radius 3 is 1.50 bits per heavy atom. The lowest BCUT2D eigenvalue weighted by molar-refractivity contribution is -0.275. The van der Waals surface area contributed by atoms with Crippen molar-refractivity contribution >= 4 is 11.8 Å². The van der Waals surface area contributed by atoms with Gasteiger partial charge in [-0.05, 0) is 128 Å². The van der Waals surface area contributed by atoms with Crippen LogP contribution in [0.15, 0.2) is 195 Å². The minimum Gasteiger partial charge on any atom is -0.405 e. The van der Waals surface area contributed by atoms with E-state index in [2.05, 4.69) is 60.2 Å². The topological polar surface area (TPSA) is 276 Å². The van der Waals surface area contributed by atoms with Gasteiger partial charge in [-0.1, -0.05) is 109 Å². The summed E-state index contributed by atoms with van der Waals surface area (Å²) in [6, 6.07) is 44.5. The number of carbonyl (C=O) groups excluding carboxylic acids is 2. The maximum atomic E-state index is 14.3. The number of rotatable bonds is 15. The highest BCUT2D eigenvalue weighted by Gasteiger charge is 2.41. The molecule has 4 heterocycles. The summed E-state index contributed by atoms with van der Waals surface area (Å²) < 4.78 is 183. The molecule has 0 radical (unpaired) electrons. The van der Waals surface area contributed by atoms with Crippen LogP contribution in [0.2, 0.25) is 0 Å². The lowest BCUT2D eigenvalue weighted by Gasteiger charge is -2.19. The number of carbonyl (C=O) groups is 2. The van der Waals surface area contributed by atoms with Crippen molar-refractivity contribution < 1.29 is 76.1 Å². The first kappa shape index (κ1) is 74.1. The van der Waals surface area contributed by atoms with Gasteiger partial charge in [0.05, 0.1) is 34.6 Å². The molecular formula is C69H57F13N16O4. The van der Waals surface area contributed by atoms with E-state index < -0.39 is 53.6 Å². The van der Waals surface area contributed by atoms with Crippen molar-refractivity contribution in [1.82, 2.24) is 64.8 Å². The fraction of sp³-hybridized carbons (Fsp3) is 0.159. The summed E-state index contributed by atoms with van der Waals surface area (Å²) >= 11 is 0. The quantitative estimate of drug-likeness (QED) is 0.0597. The van der Waals surface area contributed by atoms with Gasteiger partial charge in [-0.15, -0.1) is 41.6 Å². The van der Waals surface area contributed by atoms with Crippen LogP contribution in [0, 0.1) is 12.7 Å². The molecule has 2 unspecified atom stereocenters. The SMILES string of the molecule is CC(N)c1ncn(-c2cccc(-c3ccccc3OC(F)(F)F)c2)n1.CNC(C)c1ncn(-c2cccc(-c3ccccc3OC(F)(F)F)c2)n1.Cc1ccccc1-c1cc(-c2nc(C(N)=O)nn2C)ccc1F.NC(=O)c1nc(-c2cccc(-c3c(C(F)(F)F)cccc3C(F)(F)F)c2)n[nH]1. The van der Waals surface area contributed by atoms with Gasteiger partial charge in [0, 0.05) is 40.4 Å². The van der Waals surface area contributed by atoms with Crippen molar-refractivity contribution in [2.24, 2.45) is 24.2 Å². The molecule has 2 atom stereocenters. The number of hydrogen-bond acceptors (Lipinski definition) is 14. The third-order valence-electron chi connectivity index (χ3n) is 14.8. The first-order valence-corrected chi connectivity index (χ1v) is 30.0. The Hall–Kier alpha value is -12.1. The Balaban J connectivity index is 0.000000159. The molecule has 0 bridgehead atoms. The zero-order chi connectivity index (χ0) is 74.0. The number of ether oxygens (including phenoxy) is 2. The highest BCUT2D eigenvalue weighted by Crippen LogP contribution is 2.45. The zero-order valence-electron chi connectivity index (χ0n) is 53.8. The van der Waals surface area contributed by atoms with E-state index in [0.29, 0.717) is 80.4 Å². The number of aryl methyl sites for hydroxylation is 2. The predicted octanol–water partition coefficient (Wildman–Crippen LogP) is 14.9. The first-order valence-electron chi connectivity index (χ1n) is 30.0. The summed E-state index contributed by atoms with van der Waals surface area (Å²) in [5.41, 5.74) is 18.0. The summed E-state index contributed by atoms with van der Waals surface area (Å²) in [5.74, 6) is -1.36. The Kier molecular flexibility index (Phi) is 22.5. The maximum Gasteiger partial charge on any atom is 0.573 e. The van der Waals surface area contributed by atoms with Gasteiger partial charge in [0.15, 0.2) is 23.3 Å². The van der Waals surface area contributed by atoms with E-state index in [1.54, 1.807) is 110 Å². The van der Waals surface area contributed by atoms with Crippen molar-refractivity contribution in [3.05, 3.63) is 240 Å². The van der Waals surface area contributed by atoms with Crippen molar-refractivity contribution in [3.63, 3.8) is 0 Å². The smallest absolute Gasteiger partial charge is 0.405 e. The Morgan fingerprint density at radius 1 is 0.529 bits per heavy atom. The van der Waals surface area contributed by atoms with E-state index in [0.717, 1.165) is 23.3 Å². The van der Waals surface area contributed by atoms with Crippen LogP contribution in [-0.4, -0.2) is 91.1 Å². The number of para-hydroxylation sites is 2. The lowest BCUT2D eigenvalue weighted by Crippen LogP contribution is -2.17. The molecule has 0 aliphatic carbocycles. The van der Waals surface area contributed by atoms with Gasteiger partial charge in [0.2, 0.25) is 11.6 Å². The number of primary amides is 2. The van der Waals surface area contributed by atoms with Crippen LogP contribution in [-0.2, 0) is 19.4 Å². The van der Waals surface area contributed by atoms with Crippen molar-refractivity contribution in [3.8, 4) is 90.2 Å². The third-order valence-corrected chi connectivity index (χ3v) is 14.8. The van der Waals surface area contributed by atoms with Gasteiger partial charge in [0.25, 0.3) is 11.8 Å². The molecule has 0 aliphatic heterocycles. The molecule has 12 rings (SSSR count). The van der Waals surface area contributed by atoms with Gasteiger partial charge in [-0.2, -0.15) is 31.4 Å². The summed E-state index contributed by atoms with van der Waals surface area (Å²) in [6.07, 6.45) is -16.4. The Labute approximate surface area is 570 Å². The number of benzene rings is 8. The molecule has 4 aromatic heterocycles. The maximum absolute atomic E-state index is 14.3. The monoisotopic (exact) mass is 1420 g/mol. The molecular weight excluding hydrogens is 1360 g/mol. The van der Waals surface area contributed by atoms with E-state index in [4.69, 9.17) is 17.2 Å². The molecule has 0 fully saturated rings. The highest BCUT2D eigenvalue weighted by molar-refractivity contribution is 5.90. The number of H-pyrrole nitrogens is 1. The fourth-order valence-corrected chi connectivity index (χ4v) is 9.94. The van der Waals surface area contributed by atoms with E-state index in [-0.39, 0.29) is 58.0 Å². The van der Waals surface area contributed by atoms with Gasteiger partial charge in [-0.3, -0.25) is 14.7 Å². The second-order valence-corrected chi connectivity index (χ2v) is 22.0. The number of aromatic nitrogens is 12. The summed E-state index contributed by atoms with van der Waals surface area (Å²) in [4.78, 5) is 38.5. The van der Waals surface area contributed by atoms with Crippen LogP contribution < -0.4 is 32.0 Å². The summed E-state index contributed by atoms with van der Waals surface area (Å²) in [6.45, 7) is 5.62. The first-order chi connectivity index (χ1) is 48.2.